The average molecular weight is 435 g/mol. The first kappa shape index (κ1) is 19.8. The van der Waals surface area contributed by atoms with Crippen LogP contribution in [-0.2, 0) is 4.79 Å². The number of urea groups is 1. The van der Waals surface area contributed by atoms with E-state index in [2.05, 4.69) is 20.6 Å². The van der Waals surface area contributed by atoms with Crippen LogP contribution in [-0.4, -0.2) is 32.7 Å². The number of hydrogen-bond acceptors (Lipinski definition) is 4. The lowest BCUT2D eigenvalue weighted by atomic mass is 9.53. The second-order valence-electron chi connectivity index (χ2n) is 9.23. The topological polar surface area (TPSA) is 86.9 Å². The van der Waals surface area contributed by atoms with Gasteiger partial charge in [0.2, 0.25) is 5.91 Å². The molecule has 0 aliphatic heterocycles. The standard InChI is InChI=1S/C21H24F2N4O2S/c1-10(30-20-24-16-5-14(22)15(23)6-17(16)25-20)18(28)26-19(29)27-21-7-11-2-12(8-21)4-13(3-11)9-21/h5-6,10-13H,2-4,7-9H2,1H3,(H,24,25)(H2,26,27,28,29). The summed E-state index contributed by atoms with van der Waals surface area (Å²) in [5.41, 5.74) is 0.467. The van der Waals surface area contributed by atoms with Crippen LogP contribution >= 0.6 is 11.8 Å². The maximum atomic E-state index is 13.4. The van der Waals surface area contributed by atoms with Crippen molar-refractivity contribution in [2.24, 2.45) is 17.8 Å². The number of aromatic nitrogens is 2. The Morgan fingerprint density at radius 2 is 1.73 bits per heavy atom. The average Bonchev–Trinajstić information content (AvgIpc) is 3.01. The van der Waals surface area contributed by atoms with Gasteiger partial charge in [-0.25, -0.2) is 18.6 Å². The van der Waals surface area contributed by atoms with Crippen molar-refractivity contribution in [1.29, 1.82) is 0 Å². The van der Waals surface area contributed by atoms with Gasteiger partial charge in [-0.15, -0.1) is 0 Å². The first-order chi connectivity index (χ1) is 14.3. The summed E-state index contributed by atoms with van der Waals surface area (Å²) in [6, 6.07) is 1.60. The third-order valence-electron chi connectivity index (χ3n) is 6.81. The predicted octanol–water partition coefficient (Wildman–Crippen LogP) is 4.12. The second kappa shape index (κ2) is 7.21. The van der Waals surface area contributed by atoms with E-state index in [1.165, 1.54) is 19.3 Å². The molecule has 30 heavy (non-hydrogen) atoms. The minimum absolute atomic E-state index is 0.164. The number of nitrogens with one attached hydrogen (secondary N) is 3. The molecule has 4 aliphatic carbocycles. The van der Waals surface area contributed by atoms with Crippen molar-refractivity contribution in [3.63, 3.8) is 0 Å². The molecule has 160 valence electrons. The van der Waals surface area contributed by atoms with Crippen LogP contribution in [0.2, 0.25) is 0 Å². The molecule has 4 fully saturated rings. The lowest BCUT2D eigenvalue weighted by Gasteiger charge is -2.56. The number of thioether (sulfide) groups is 1. The van der Waals surface area contributed by atoms with E-state index in [0.717, 1.165) is 43.2 Å². The molecule has 1 aromatic heterocycles. The van der Waals surface area contributed by atoms with E-state index in [1.54, 1.807) is 6.92 Å². The highest BCUT2D eigenvalue weighted by atomic mass is 32.2. The molecule has 4 bridgehead atoms. The molecule has 3 N–H and O–H groups in total. The number of rotatable bonds is 4. The number of H-pyrrole nitrogens is 1. The molecule has 1 aromatic carbocycles. The van der Waals surface area contributed by atoms with Gasteiger partial charge in [-0.05, 0) is 63.2 Å². The van der Waals surface area contributed by atoms with E-state index < -0.39 is 28.8 Å². The van der Waals surface area contributed by atoms with Gasteiger partial charge in [0.1, 0.15) is 0 Å². The third-order valence-corrected chi connectivity index (χ3v) is 7.80. The number of aromatic amines is 1. The van der Waals surface area contributed by atoms with Gasteiger partial charge in [-0.2, -0.15) is 0 Å². The van der Waals surface area contributed by atoms with E-state index in [9.17, 15) is 18.4 Å². The zero-order chi connectivity index (χ0) is 21.0. The highest BCUT2D eigenvalue weighted by Gasteiger charge is 2.51. The SMILES string of the molecule is CC(Sc1nc2cc(F)c(F)cc2[nH]1)C(=O)NC(=O)NC12CC3CC(CC(C3)C1)C2. The van der Waals surface area contributed by atoms with Crippen molar-refractivity contribution >= 4 is 34.7 Å². The van der Waals surface area contributed by atoms with Crippen molar-refractivity contribution in [3.05, 3.63) is 23.8 Å². The smallest absolute Gasteiger partial charge is 0.321 e. The van der Waals surface area contributed by atoms with Crippen LogP contribution in [0.3, 0.4) is 0 Å². The summed E-state index contributed by atoms with van der Waals surface area (Å²) in [5.74, 6) is -0.272. The molecule has 1 unspecified atom stereocenters. The Bertz CT molecular complexity index is 950. The van der Waals surface area contributed by atoms with E-state index in [0.29, 0.717) is 28.4 Å². The predicted molar refractivity (Wildman–Crippen MR) is 109 cm³/mol. The van der Waals surface area contributed by atoms with Crippen LogP contribution in [0.5, 0.6) is 0 Å². The molecule has 4 aliphatic rings. The monoisotopic (exact) mass is 434 g/mol. The molecule has 6 rings (SSSR count). The molecule has 2 aromatic rings. The van der Waals surface area contributed by atoms with Crippen molar-refractivity contribution in [3.8, 4) is 0 Å². The Morgan fingerprint density at radius 1 is 1.13 bits per heavy atom. The summed E-state index contributed by atoms with van der Waals surface area (Å²) < 4.78 is 26.7. The van der Waals surface area contributed by atoms with Crippen LogP contribution in [0.1, 0.15) is 45.4 Å². The Morgan fingerprint density at radius 3 is 2.37 bits per heavy atom. The first-order valence-electron chi connectivity index (χ1n) is 10.4. The summed E-state index contributed by atoms with van der Waals surface area (Å²) in [4.78, 5) is 32.1. The number of fused-ring (bicyclic) bond motifs is 1. The van der Waals surface area contributed by atoms with E-state index in [1.807, 2.05) is 0 Å². The van der Waals surface area contributed by atoms with E-state index >= 15 is 0 Å². The quantitative estimate of drug-likeness (QED) is 0.632. The minimum atomic E-state index is -0.974. The molecule has 1 heterocycles. The minimum Gasteiger partial charge on any atom is -0.333 e. The van der Waals surface area contributed by atoms with Crippen LogP contribution in [0.4, 0.5) is 13.6 Å². The maximum Gasteiger partial charge on any atom is 0.321 e. The third kappa shape index (κ3) is 3.68. The lowest BCUT2D eigenvalue weighted by molar-refractivity contribution is -0.119. The number of hydrogen-bond donors (Lipinski definition) is 3. The van der Waals surface area contributed by atoms with Crippen molar-refractivity contribution in [1.82, 2.24) is 20.6 Å². The fourth-order valence-electron chi connectivity index (χ4n) is 6.01. The molecule has 4 saturated carbocycles. The number of imidazole rings is 1. The number of amides is 3. The number of halogens is 2. The highest BCUT2D eigenvalue weighted by Crippen LogP contribution is 2.55. The van der Waals surface area contributed by atoms with Gasteiger partial charge >= 0.3 is 6.03 Å². The second-order valence-corrected chi connectivity index (χ2v) is 10.6. The number of benzene rings is 1. The van der Waals surface area contributed by atoms with Crippen LogP contribution < -0.4 is 10.6 Å². The van der Waals surface area contributed by atoms with Gasteiger partial charge in [0.25, 0.3) is 0 Å². The zero-order valence-electron chi connectivity index (χ0n) is 16.6. The number of nitrogens with zero attached hydrogens (tertiary/aromatic N) is 1. The van der Waals surface area contributed by atoms with Gasteiger partial charge < -0.3 is 10.3 Å². The molecule has 0 radical (unpaired) electrons. The van der Waals surface area contributed by atoms with Crippen molar-refractivity contribution in [2.75, 3.05) is 0 Å². The Kier molecular flexibility index (Phi) is 4.76. The summed E-state index contributed by atoms with van der Waals surface area (Å²) in [6.45, 7) is 1.66. The molecule has 1 atom stereocenters. The molecule has 9 heteroatoms. The highest BCUT2D eigenvalue weighted by molar-refractivity contribution is 8.00. The molecular weight excluding hydrogens is 410 g/mol. The Hall–Kier alpha value is -2.16. The lowest BCUT2D eigenvalue weighted by Crippen LogP contribution is -2.62. The normalized spacial score (nSPS) is 30.4. The summed E-state index contributed by atoms with van der Waals surface area (Å²) in [5, 5.41) is 5.33. The van der Waals surface area contributed by atoms with Crippen molar-refractivity contribution in [2.45, 2.75) is 61.4 Å². The van der Waals surface area contributed by atoms with Gasteiger partial charge in [-0.1, -0.05) is 11.8 Å². The number of carbonyl (C=O) groups excluding carboxylic acids is 2. The Balaban J connectivity index is 1.19. The maximum absolute atomic E-state index is 13.4. The summed E-state index contributed by atoms with van der Waals surface area (Å²) in [6.07, 6.45) is 6.87. The summed E-state index contributed by atoms with van der Waals surface area (Å²) in [7, 11) is 0. The van der Waals surface area contributed by atoms with Gasteiger partial charge in [0.05, 0.1) is 16.3 Å². The van der Waals surface area contributed by atoms with Gasteiger partial charge in [-0.3, -0.25) is 10.1 Å². The van der Waals surface area contributed by atoms with Gasteiger partial charge in [0, 0.05) is 17.7 Å². The van der Waals surface area contributed by atoms with Gasteiger partial charge in [0.15, 0.2) is 16.8 Å². The summed E-state index contributed by atoms with van der Waals surface area (Å²) >= 11 is 1.10. The molecular formula is C21H24F2N4O2S. The molecule has 0 saturated heterocycles. The zero-order valence-corrected chi connectivity index (χ0v) is 17.5. The van der Waals surface area contributed by atoms with Crippen LogP contribution in [0.25, 0.3) is 11.0 Å². The Labute approximate surface area is 177 Å². The molecule has 3 amide bonds. The fraction of sp³-hybridized carbons (Fsp3) is 0.571. The number of carbonyl (C=O) groups is 2. The number of imide groups is 1. The fourth-order valence-corrected chi connectivity index (χ4v) is 6.83. The van der Waals surface area contributed by atoms with Crippen LogP contribution in [0.15, 0.2) is 17.3 Å². The first-order valence-corrected chi connectivity index (χ1v) is 11.3. The van der Waals surface area contributed by atoms with E-state index in [4.69, 9.17) is 0 Å². The molecule has 0 spiro atoms. The molecule has 6 nitrogen and oxygen atoms in total. The van der Waals surface area contributed by atoms with E-state index in [-0.39, 0.29) is 11.1 Å². The van der Waals surface area contributed by atoms with Crippen LogP contribution in [0, 0.1) is 29.4 Å². The largest absolute Gasteiger partial charge is 0.333 e. The van der Waals surface area contributed by atoms with Crippen molar-refractivity contribution < 1.29 is 18.4 Å².